The number of amides is 6. The zero-order chi connectivity index (χ0) is 67.1. The van der Waals surface area contributed by atoms with Gasteiger partial charge < -0.3 is 86.6 Å². The van der Waals surface area contributed by atoms with Crippen LogP contribution in [0.15, 0.2) is 133 Å². The number of aliphatic hydroxyl groups excluding tert-OH is 6. The van der Waals surface area contributed by atoms with Crippen molar-refractivity contribution in [3.8, 4) is 22.3 Å². The Labute approximate surface area is 546 Å². The third kappa shape index (κ3) is 21.2. The molecule has 0 radical (unpaired) electrons. The van der Waals surface area contributed by atoms with Gasteiger partial charge in [-0.3, -0.25) is 33.6 Å². The lowest BCUT2D eigenvalue weighted by molar-refractivity contribution is -0.310. The summed E-state index contributed by atoms with van der Waals surface area (Å²) in [6, 6.07) is 36.5. The number of anilines is 2. The predicted molar refractivity (Wildman–Crippen MR) is 347 cm³/mol. The molecular weight excluding hydrogens is 1240 g/mol. The number of carbonyl (C=O) groups excluding carboxylic acids is 7. The molecule has 0 bridgehead atoms. The summed E-state index contributed by atoms with van der Waals surface area (Å²) < 4.78 is 23.4. The van der Waals surface area contributed by atoms with Crippen molar-refractivity contribution in [3.05, 3.63) is 145 Å². The van der Waals surface area contributed by atoms with Crippen molar-refractivity contribution >= 4 is 82.6 Å². The molecule has 13 N–H and O–H groups in total. The first kappa shape index (κ1) is 72.8. The van der Waals surface area contributed by atoms with Gasteiger partial charge in [-0.1, -0.05) is 97.1 Å². The van der Waals surface area contributed by atoms with Crippen molar-refractivity contribution in [1.82, 2.24) is 21.3 Å². The van der Waals surface area contributed by atoms with E-state index in [0.717, 1.165) is 29.2 Å². The quantitative estimate of drug-likeness (QED) is 0.0208. The van der Waals surface area contributed by atoms with Gasteiger partial charge in [0.25, 0.3) is 17.6 Å². The molecule has 2 saturated heterocycles. The number of benzene rings is 5. The fraction of sp³-hybridized carbons (Fsp3) is 0.424. The van der Waals surface area contributed by atoms with Crippen LogP contribution in [0.25, 0.3) is 22.3 Å². The lowest BCUT2D eigenvalue weighted by atomic mass is 9.88. The number of carboxylic acids is 1. The molecule has 2 aliphatic heterocycles. The molecular formula is C66H80N6O19S2. The van der Waals surface area contributed by atoms with Crippen LogP contribution in [-0.4, -0.2) is 205 Å². The molecule has 0 aromatic heterocycles. The van der Waals surface area contributed by atoms with Crippen LogP contribution in [0.4, 0.5) is 11.4 Å². The highest BCUT2D eigenvalue weighted by molar-refractivity contribution is 7.99. The number of hydrogen-bond acceptors (Lipinski definition) is 20. The van der Waals surface area contributed by atoms with Crippen LogP contribution in [0.2, 0.25) is 0 Å². The zero-order valence-electron chi connectivity index (χ0n) is 51.3. The van der Waals surface area contributed by atoms with E-state index in [-0.39, 0.29) is 49.9 Å². The minimum atomic E-state index is -2.51. The van der Waals surface area contributed by atoms with E-state index in [1.165, 1.54) is 30.4 Å². The zero-order valence-corrected chi connectivity index (χ0v) is 52.9. The predicted octanol–water partition coefficient (Wildman–Crippen LogP) is 3.25. The van der Waals surface area contributed by atoms with E-state index in [1.54, 1.807) is 72.8 Å². The maximum Gasteiger partial charge on any atom is 0.364 e. The molecule has 7 rings (SSSR count). The number of nitrogens with one attached hydrogen (secondary N) is 6. The third-order valence-corrected chi connectivity index (χ3v) is 17.4. The molecule has 0 aliphatic carbocycles. The van der Waals surface area contributed by atoms with Gasteiger partial charge in [0.2, 0.25) is 29.4 Å². The van der Waals surface area contributed by atoms with Crippen LogP contribution in [0, 0.1) is 0 Å². The normalized spacial score (nSPS) is 22.4. The van der Waals surface area contributed by atoms with Gasteiger partial charge in [-0.05, 0) is 83.0 Å². The molecule has 12 atom stereocenters. The molecule has 5 aromatic rings. The number of para-hydroxylation sites is 2. The summed E-state index contributed by atoms with van der Waals surface area (Å²) in [7, 11) is 0. The summed E-state index contributed by atoms with van der Waals surface area (Å²) in [6.07, 6.45) is -13.5. The first-order chi connectivity index (χ1) is 44.6. The number of aldehydes is 1. The van der Waals surface area contributed by atoms with Crippen molar-refractivity contribution in [2.24, 2.45) is 0 Å². The Kier molecular flexibility index (Phi) is 27.8. The van der Waals surface area contributed by atoms with Crippen LogP contribution in [0.5, 0.6) is 0 Å². The number of aliphatic carboxylic acids is 1. The van der Waals surface area contributed by atoms with E-state index < -0.39 is 128 Å². The monoisotopic (exact) mass is 1320 g/mol. The van der Waals surface area contributed by atoms with E-state index in [1.807, 2.05) is 60.7 Å². The minimum absolute atomic E-state index is 0.0577. The van der Waals surface area contributed by atoms with E-state index in [9.17, 15) is 74.1 Å². The van der Waals surface area contributed by atoms with Crippen molar-refractivity contribution in [2.45, 2.75) is 125 Å². The number of thioether (sulfide) groups is 2. The molecule has 0 unspecified atom stereocenters. The maximum absolute atomic E-state index is 13.1. The van der Waals surface area contributed by atoms with Gasteiger partial charge in [0.15, 0.2) is 6.29 Å². The lowest BCUT2D eigenvalue weighted by Crippen LogP contribution is -2.68. The minimum Gasteiger partial charge on any atom is -0.477 e. The Morgan fingerprint density at radius 1 is 0.548 bits per heavy atom. The highest BCUT2D eigenvalue weighted by Crippen LogP contribution is 2.35. The van der Waals surface area contributed by atoms with Crippen LogP contribution in [0.3, 0.4) is 0 Å². The Morgan fingerprint density at radius 3 is 1.37 bits per heavy atom. The summed E-state index contributed by atoms with van der Waals surface area (Å²) in [5.41, 5.74) is 4.94. The number of hydrogen-bond donors (Lipinski definition) is 13. The smallest absolute Gasteiger partial charge is 0.364 e. The fourth-order valence-corrected chi connectivity index (χ4v) is 12.2. The SMILES string of the molecule is CC(=O)N[C@@H]1[C@H]([C@H](O)[C@@H](O)CNC(=O)c2ccc(-c3ccccc3)cc2)O[C@@](OCCCSCCC(=O)Nc2ccccc2NC(=O)CCSCCCO[C@]2(C=O)C[C@H](O)[C@@H](NC(C)=O)[C@H]([C@H](O)[C@H](O)CNC(=O)c3ccc(-c4ccccc4)cc3)O2)(C(=O)O)C[C@H]1O. The number of ether oxygens (including phenoxy) is 4. The second kappa shape index (κ2) is 35.6. The number of carbonyl (C=O) groups is 8. The number of rotatable bonds is 34. The van der Waals surface area contributed by atoms with Gasteiger partial charge in [0.1, 0.15) is 24.4 Å². The largest absolute Gasteiger partial charge is 0.477 e. The van der Waals surface area contributed by atoms with Gasteiger partial charge >= 0.3 is 5.97 Å². The molecule has 6 amide bonds. The van der Waals surface area contributed by atoms with Gasteiger partial charge in [-0.25, -0.2) is 4.79 Å². The summed E-state index contributed by atoms with van der Waals surface area (Å²) in [5, 5.41) is 93.1. The molecule has 500 valence electrons. The Bertz CT molecular complexity index is 3290. The molecule has 25 nitrogen and oxygen atoms in total. The van der Waals surface area contributed by atoms with Crippen molar-refractivity contribution in [2.75, 3.05) is 59.9 Å². The summed E-state index contributed by atoms with van der Waals surface area (Å²) in [5.74, 6) is -7.65. The van der Waals surface area contributed by atoms with Crippen molar-refractivity contribution in [1.29, 1.82) is 0 Å². The summed E-state index contributed by atoms with van der Waals surface area (Å²) in [4.78, 5) is 102. The summed E-state index contributed by atoms with van der Waals surface area (Å²) in [6.45, 7) is 1.10. The summed E-state index contributed by atoms with van der Waals surface area (Å²) >= 11 is 2.78. The molecule has 5 aromatic carbocycles. The highest BCUT2D eigenvalue weighted by atomic mass is 32.2. The Morgan fingerprint density at radius 2 is 0.946 bits per heavy atom. The molecule has 2 fully saturated rings. The number of aliphatic hydroxyl groups is 6. The van der Waals surface area contributed by atoms with Gasteiger partial charge in [-0.2, -0.15) is 23.5 Å². The molecule has 0 spiro atoms. The average molecular weight is 1330 g/mol. The molecule has 2 aliphatic rings. The third-order valence-electron chi connectivity index (χ3n) is 15.3. The topological polar surface area (TPSA) is 387 Å². The maximum atomic E-state index is 13.1. The van der Waals surface area contributed by atoms with Crippen LogP contribution >= 0.6 is 23.5 Å². The highest BCUT2D eigenvalue weighted by Gasteiger charge is 2.56. The number of carboxylic acid groups (broad SMARTS) is 1. The van der Waals surface area contributed by atoms with Crippen molar-refractivity contribution < 1.29 is 93.0 Å². The first-order valence-electron chi connectivity index (χ1n) is 30.3. The van der Waals surface area contributed by atoms with Gasteiger partial charge in [-0.15, -0.1) is 0 Å². The molecule has 2 heterocycles. The van der Waals surface area contributed by atoms with E-state index in [2.05, 4.69) is 31.9 Å². The Balaban J connectivity index is 0.792. The molecule has 0 saturated carbocycles. The lowest BCUT2D eigenvalue weighted by Gasteiger charge is -2.46. The van der Waals surface area contributed by atoms with Crippen molar-refractivity contribution in [3.63, 3.8) is 0 Å². The van der Waals surface area contributed by atoms with Crippen LogP contribution in [0.1, 0.15) is 73.1 Å². The van der Waals surface area contributed by atoms with E-state index in [4.69, 9.17) is 18.9 Å². The molecule has 27 heteroatoms. The second-order valence-electron chi connectivity index (χ2n) is 22.3. The standard InChI is InChI=1S/C66H80N6O19S2/c1-40(74)69-56-50(76)35-65(39-73,90-60(56)58(82)52(78)37-67-62(84)46-23-19-44(20-24-46)42-13-5-3-6-14-42)88-29-11-31-92-33-27-54(80)71-48-17-9-10-18-49(48)72-55(81)28-34-93-32-12-30-89-66(64(86)87)36-51(77)57(70-41(2)75)61(91-66)59(83)53(79)38-68-63(85)47-25-21-45(22-26-47)43-15-7-4-8-16-43/h3-10,13-26,39,50-53,56-61,76-79,82-83H,11-12,27-38H2,1-2H3,(H,67,84)(H,68,85)(H,69,74)(H,70,75)(H,71,80)(H,72,81)(H,86,87)/t50-,51+,52+,53-,56+,57-,58+,59+,60+,61+,65+,66+/m0/s1. The Hall–Kier alpha value is -7.64. The van der Waals surface area contributed by atoms with E-state index >= 15 is 0 Å². The van der Waals surface area contributed by atoms with Crippen LogP contribution in [-0.2, 0) is 47.7 Å². The van der Waals surface area contributed by atoms with Gasteiger partial charge in [0, 0.05) is 75.3 Å². The van der Waals surface area contributed by atoms with Crippen LogP contribution < -0.4 is 31.9 Å². The van der Waals surface area contributed by atoms with E-state index in [0.29, 0.717) is 52.7 Å². The average Bonchev–Trinajstić information content (AvgIpc) is 0.789. The molecule has 93 heavy (non-hydrogen) atoms. The first-order valence-corrected chi connectivity index (χ1v) is 32.6. The fourth-order valence-electron chi connectivity index (χ4n) is 10.5. The van der Waals surface area contributed by atoms with Gasteiger partial charge in [0.05, 0.1) is 61.1 Å². The second-order valence-corrected chi connectivity index (χ2v) is 24.8.